The molecule has 0 aliphatic carbocycles. The van der Waals surface area contributed by atoms with Crippen LogP contribution in [-0.4, -0.2) is 34.7 Å². The van der Waals surface area contributed by atoms with Gasteiger partial charge in [-0.1, -0.05) is 54.1 Å². The van der Waals surface area contributed by atoms with Crippen LogP contribution < -0.4 is 0 Å². The van der Waals surface area contributed by atoms with Crippen molar-refractivity contribution in [2.75, 3.05) is 13.1 Å². The van der Waals surface area contributed by atoms with E-state index in [9.17, 15) is 9.59 Å². The van der Waals surface area contributed by atoms with Crippen molar-refractivity contribution in [2.24, 2.45) is 0 Å². The van der Waals surface area contributed by atoms with Crippen molar-refractivity contribution in [1.29, 1.82) is 0 Å². The highest BCUT2D eigenvalue weighted by Crippen LogP contribution is 2.32. The van der Waals surface area contributed by atoms with Crippen LogP contribution in [0.3, 0.4) is 0 Å². The first-order chi connectivity index (χ1) is 12.6. The Bertz CT molecular complexity index is 844. The predicted molar refractivity (Wildman–Crippen MR) is 103 cm³/mol. The van der Waals surface area contributed by atoms with E-state index in [-0.39, 0.29) is 11.8 Å². The van der Waals surface area contributed by atoms with E-state index in [1.165, 1.54) is 4.90 Å². The molecule has 2 aromatic carbocycles. The summed E-state index contributed by atoms with van der Waals surface area (Å²) in [5.74, 6) is -0.485. The third kappa shape index (κ3) is 3.37. The summed E-state index contributed by atoms with van der Waals surface area (Å²) < 4.78 is 0. The zero-order chi connectivity index (χ0) is 18.7. The number of benzene rings is 2. The number of nitrogens with zero attached hydrogens (tertiary/aromatic N) is 2. The predicted octanol–water partition coefficient (Wildman–Crippen LogP) is 3.96. The summed E-state index contributed by atoms with van der Waals surface area (Å²) in [7, 11) is 0. The van der Waals surface area contributed by atoms with Crippen molar-refractivity contribution in [3.05, 3.63) is 76.4 Å². The van der Waals surface area contributed by atoms with Gasteiger partial charge in [0.1, 0.15) is 5.70 Å². The molecule has 0 saturated carbocycles. The maximum atomic E-state index is 13.0. The molecule has 4 nitrogen and oxygen atoms in total. The number of hydrogen-bond donors (Lipinski definition) is 0. The van der Waals surface area contributed by atoms with Gasteiger partial charge in [0.05, 0.1) is 5.57 Å². The lowest BCUT2D eigenvalue weighted by Gasteiger charge is -2.24. The van der Waals surface area contributed by atoms with Gasteiger partial charge < -0.3 is 4.90 Å². The molecule has 134 valence electrons. The van der Waals surface area contributed by atoms with Gasteiger partial charge in [-0.25, -0.2) is 0 Å². The second-order valence-electron chi connectivity index (χ2n) is 6.08. The van der Waals surface area contributed by atoms with Gasteiger partial charge in [-0.2, -0.15) is 0 Å². The van der Waals surface area contributed by atoms with E-state index >= 15 is 0 Å². The topological polar surface area (TPSA) is 40.6 Å². The molecule has 1 heterocycles. The van der Waals surface area contributed by atoms with Gasteiger partial charge in [0, 0.05) is 24.7 Å². The second kappa shape index (κ2) is 7.75. The number of rotatable bonds is 6. The fourth-order valence-electron chi connectivity index (χ4n) is 3.17. The minimum atomic E-state index is -0.249. The zero-order valence-electron chi connectivity index (χ0n) is 14.9. The lowest BCUT2D eigenvalue weighted by atomic mass is 10.0. The first kappa shape index (κ1) is 18.2. The third-order valence-electron chi connectivity index (χ3n) is 4.51. The van der Waals surface area contributed by atoms with E-state index in [4.69, 9.17) is 11.6 Å². The number of carbonyl (C=O) groups excluding carboxylic acids is 2. The van der Waals surface area contributed by atoms with Crippen LogP contribution in [0.2, 0.25) is 5.02 Å². The smallest absolute Gasteiger partial charge is 0.277 e. The molecule has 0 aromatic heterocycles. The normalized spacial score (nSPS) is 14.3. The average molecular weight is 369 g/mol. The molecule has 1 aliphatic heterocycles. The van der Waals surface area contributed by atoms with Gasteiger partial charge in [-0.15, -0.1) is 0 Å². The van der Waals surface area contributed by atoms with Crippen molar-refractivity contribution < 1.29 is 9.59 Å². The Morgan fingerprint density at radius 3 is 2.15 bits per heavy atom. The molecule has 2 amide bonds. The van der Waals surface area contributed by atoms with E-state index in [0.717, 1.165) is 5.56 Å². The van der Waals surface area contributed by atoms with E-state index in [1.54, 1.807) is 24.3 Å². The van der Waals surface area contributed by atoms with Gasteiger partial charge in [-0.05, 0) is 37.1 Å². The van der Waals surface area contributed by atoms with Crippen LogP contribution >= 0.6 is 11.6 Å². The van der Waals surface area contributed by atoms with Crippen LogP contribution in [0.5, 0.6) is 0 Å². The molecule has 0 unspecified atom stereocenters. The van der Waals surface area contributed by atoms with Gasteiger partial charge in [0.2, 0.25) is 0 Å². The van der Waals surface area contributed by atoms with Crippen LogP contribution in [0.15, 0.2) is 60.3 Å². The van der Waals surface area contributed by atoms with Crippen molar-refractivity contribution in [3.63, 3.8) is 0 Å². The minimum absolute atomic E-state index is 0.236. The number of carbonyl (C=O) groups is 2. The molecule has 1 aliphatic rings. The summed E-state index contributed by atoms with van der Waals surface area (Å²) in [4.78, 5) is 29.1. The standard InChI is InChI=1S/C21H21ClN2O2/c1-3-23(14-15-8-6-5-7-9-15)19-18(16-10-12-17(22)13-11-16)20(25)24(4-2)21(19)26/h5-13H,3-4,14H2,1-2H3. The van der Waals surface area contributed by atoms with Gasteiger partial charge in [0.25, 0.3) is 11.8 Å². The molecule has 2 aromatic rings. The van der Waals surface area contributed by atoms with Crippen molar-refractivity contribution in [3.8, 4) is 0 Å². The summed E-state index contributed by atoms with van der Waals surface area (Å²) in [5.41, 5.74) is 2.72. The van der Waals surface area contributed by atoms with Crippen LogP contribution in [0, 0.1) is 0 Å². The molecule has 0 spiro atoms. The van der Waals surface area contributed by atoms with Crippen molar-refractivity contribution in [1.82, 2.24) is 9.80 Å². The molecule has 26 heavy (non-hydrogen) atoms. The first-order valence-corrected chi connectivity index (χ1v) is 9.09. The number of halogens is 1. The molecular weight excluding hydrogens is 348 g/mol. The van der Waals surface area contributed by atoms with Crippen LogP contribution in [0.1, 0.15) is 25.0 Å². The first-order valence-electron chi connectivity index (χ1n) is 8.72. The van der Waals surface area contributed by atoms with Crippen LogP contribution in [0.4, 0.5) is 0 Å². The fourth-order valence-corrected chi connectivity index (χ4v) is 3.30. The summed E-state index contributed by atoms with van der Waals surface area (Å²) >= 11 is 5.98. The molecule has 0 atom stereocenters. The highest BCUT2D eigenvalue weighted by molar-refractivity contribution is 6.36. The molecule has 3 rings (SSSR count). The number of hydrogen-bond acceptors (Lipinski definition) is 3. The second-order valence-corrected chi connectivity index (χ2v) is 6.52. The highest BCUT2D eigenvalue weighted by atomic mass is 35.5. The summed E-state index contributed by atoms with van der Waals surface area (Å²) in [6.07, 6.45) is 0. The van der Waals surface area contributed by atoms with E-state index in [1.807, 2.05) is 49.1 Å². The van der Waals surface area contributed by atoms with E-state index < -0.39 is 0 Å². The van der Waals surface area contributed by atoms with Crippen molar-refractivity contribution in [2.45, 2.75) is 20.4 Å². The Morgan fingerprint density at radius 2 is 1.58 bits per heavy atom. The summed E-state index contributed by atoms with van der Waals surface area (Å²) in [6, 6.07) is 17.0. The molecule has 0 saturated heterocycles. The number of amides is 2. The number of likely N-dealkylation sites (N-methyl/N-ethyl adjacent to an activating group) is 2. The Morgan fingerprint density at radius 1 is 0.923 bits per heavy atom. The van der Waals surface area contributed by atoms with Gasteiger partial charge >= 0.3 is 0 Å². The monoisotopic (exact) mass is 368 g/mol. The Labute approximate surface area is 158 Å². The van der Waals surface area contributed by atoms with Crippen molar-refractivity contribution >= 4 is 29.0 Å². The zero-order valence-corrected chi connectivity index (χ0v) is 15.7. The molecule has 5 heteroatoms. The van der Waals surface area contributed by atoms with E-state index in [0.29, 0.717) is 41.5 Å². The molecule has 0 bridgehead atoms. The molecule has 0 N–H and O–H groups in total. The summed E-state index contributed by atoms with van der Waals surface area (Å²) in [6.45, 7) is 5.34. The van der Waals surface area contributed by atoms with Gasteiger partial charge in [0.15, 0.2) is 0 Å². The number of imide groups is 1. The fraction of sp³-hybridized carbons (Fsp3) is 0.238. The lowest BCUT2D eigenvalue weighted by molar-refractivity contribution is -0.137. The molecular formula is C21H21ClN2O2. The highest BCUT2D eigenvalue weighted by Gasteiger charge is 2.40. The lowest BCUT2D eigenvalue weighted by Crippen LogP contribution is -2.34. The Balaban J connectivity index is 2.08. The Hall–Kier alpha value is -2.59. The van der Waals surface area contributed by atoms with Crippen LogP contribution in [-0.2, 0) is 16.1 Å². The quantitative estimate of drug-likeness (QED) is 0.724. The largest absolute Gasteiger partial charge is 0.362 e. The SMILES string of the molecule is CCN(Cc1ccccc1)C1=C(c2ccc(Cl)cc2)C(=O)N(CC)C1=O. The maximum absolute atomic E-state index is 13.0. The van der Waals surface area contributed by atoms with Crippen LogP contribution in [0.25, 0.3) is 5.57 Å². The molecule has 0 radical (unpaired) electrons. The average Bonchev–Trinajstić information content (AvgIpc) is 2.91. The third-order valence-corrected chi connectivity index (χ3v) is 4.76. The van der Waals surface area contributed by atoms with Gasteiger partial charge in [-0.3, -0.25) is 14.5 Å². The van der Waals surface area contributed by atoms with E-state index in [2.05, 4.69) is 0 Å². The maximum Gasteiger partial charge on any atom is 0.277 e. The Kier molecular flexibility index (Phi) is 5.43. The molecule has 0 fully saturated rings. The summed E-state index contributed by atoms with van der Waals surface area (Å²) in [5, 5.41) is 0.594. The minimum Gasteiger partial charge on any atom is -0.362 e.